The van der Waals surface area contributed by atoms with Gasteiger partial charge < -0.3 is 10.4 Å². The Morgan fingerprint density at radius 1 is 1.42 bits per heavy atom. The lowest BCUT2D eigenvalue weighted by Gasteiger charge is -2.19. The first-order chi connectivity index (χ1) is 9.11. The van der Waals surface area contributed by atoms with Crippen LogP contribution in [0, 0.1) is 0 Å². The van der Waals surface area contributed by atoms with Crippen LogP contribution in [0.25, 0.3) is 0 Å². The number of aromatic nitrogens is 1. The van der Waals surface area contributed by atoms with Gasteiger partial charge in [-0.05, 0) is 31.2 Å². The zero-order chi connectivity index (χ0) is 13.8. The highest BCUT2D eigenvalue weighted by atomic mass is 32.2. The van der Waals surface area contributed by atoms with Gasteiger partial charge >= 0.3 is 5.97 Å². The fraction of sp³-hybridized carbons (Fsp3) is 0.462. The second kappa shape index (κ2) is 6.06. The van der Waals surface area contributed by atoms with Crippen LogP contribution in [0.5, 0.6) is 0 Å². The Kier molecular flexibility index (Phi) is 4.42. The van der Waals surface area contributed by atoms with Crippen molar-refractivity contribution in [2.24, 2.45) is 0 Å². The van der Waals surface area contributed by atoms with Crippen molar-refractivity contribution in [3.63, 3.8) is 0 Å². The zero-order valence-corrected chi connectivity index (χ0v) is 11.4. The number of rotatable bonds is 4. The number of hydrogen-bond donors (Lipinski definition) is 2. The number of nitrogens with one attached hydrogen (secondary N) is 1. The van der Waals surface area contributed by atoms with Crippen LogP contribution in [0.3, 0.4) is 0 Å². The van der Waals surface area contributed by atoms with Crippen molar-refractivity contribution < 1.29 is 14.7 Å². The summed E-state index contributed by atoms with van der Waals surface area (Å²) in [6, 6.07) is 3.04. The van der Waals surface area contributed by atoms with E-state index in [1.807, 2.05) is 0 Å². The van der Waals surface area contributed by atoms with Crippen LogP contribution >= 0.6 is 11.8 Å². The van der Waals surface area contributed by atoms with E-state index in [4.69, 9.17) is 5.11 Å². The third-order valence-electron chi connectivity index (χ3n) is 3.32. The molecule has 2 rings (SSSR count). The highest BCUT2D eigenvalue weighted by Crippen LogP contribution is 2.28. The van der Waals surface area contributed by atoms with E-state index >= 15 is 0 Å². The molecule has 1 fully saturated rings. The molecule has 1 aliphatic carbocycles. The molecule has 2 atom stereocenters. The second-order valence-electron chi connectivity index (χ2n) is 4.52. The SMILES string of the molecule is CSC1CCCC1NC(=O)c1ccc(C(=O)O)nc1. The summed E-state index contributed by atoms with van der Waals surface area (Å²) < 4.78 is 0. The van der Waals surface area contributed by atoms with Gasteiger partial charge in [0.05, 0.1) is 5.56 Å². The molecular formula is C13H16N2O3S. The lowest BCUT2D eigenvalue weighted by molar-refractivity contribution is 0.0689. The first-order valence-electron chi connectivity index (χ1n) is 6.15. The van der Waals surface area contributed by atoms with Gasteiger partial charge in [-0.2, -0.15) is 11.8 Å². The molecule has 0 aliphatic heterocycles. The highest BCUT2D eigenvalue weighted by Gasteiger charge is 2.28. The summed E-state index contributed by atoms with van der Waals surface area (Å²) in [5.74, 6) is -1.28. The number of carboxylic acid groups (broad SMARTS) is 1. The molecule has 1 aromatic rings. The monoisotopic (exact) mass is 280 g/mol. The largest absolute Gasteiger partial charge is 0.477 e. The number of carbonyl (C=O) groups is 2. The van der Waals surface area contributed by atoms with Crippen LogP contribution < -0.4 is 5.32 Å². The van der Waals surface area contributed by atoms with E-state index in [2.05, 4.69) is 16.6 Å². The second-order valence-corrected chi connectivity index (χ2v) is 5.60. The van der Waals surface area contributed by atoms with Gasteiger partial charge in [0.15, 0.2) is 0 Å². The summed E-state index contributed by atoms with van der Waals surface area (Å²) in [6.07, 6.45) is 6.62. The molecule has 1 aromatic heterocycles. The Bertz CT molecular complexity index is 475. The van der Waals surface area contributed by atoms with E-state index in [1.165, 1.54) is 18.3 Å². The molecule has 1 aliphatic rings. The van der Waals surface area contributed by atoms with Gasteiger partial charge in [0, 0.05) is 17.5 Å². The molecule has 1 heterocycles. The number of carbonyl (C=O) groups excluding carboxylic acids is 1. The minimum Gasteiger partial charge on any atom is -0.477 e. The third-order valence-corrected chi connectivity index (χ3v) is 4.49. The van der Waals surface area contributed by atoms with Crippen LogP contribution in [-0.2, 0) is 0 Å². The standard InChI is InChI=1S/C13H16N2O3S/c1-19-11-4-2-3-9(11)15-12(16)8-5-6-10(13(17)18)14-7-8/h5-7,9,11H,2-4H2,1H3,(H,15,16)(H,17,18). The topological polar surface area (TPSA) is 79.3 Å². The minimum atomic E-state index is -1.09. The summed E-state index contributed by atoms with van der Waals surface area (Å²) in [7, 11) is 0. The van der Waals surface area contributed by atoms with Gasteiger partial charge in [-0.15, -0.1) is 0 Å². The molecule has 6 heteroatoms. The summed E-state index contributed by atoms with van der Waals surface area (Å²) >= 11 is 1.78. The quantitative estimate of drug-likeness (QED) is 0.879. The average molecular weight is 280 g/mol. The van der Waals surface area contributed by atoms with Crippen molar-refractivity contribution >= 4 is 23.6 Å². The van der Waals surface area contributed by atoms with Crippen molar-refractivity contribution in [2.75, 3.05) is 6.26 Å². The first-order valence-corrected chi connectivity index (χ1v) is 7.43. The molecule has 19 heavy (non-hydrogen) atoms. The maximum Gasteiger partial charge on any atom is 0.354 e. The van der Waals surface area contributed by atoms with Gasteiger partial charge in [-0.25, -0.2) is 9.78 Å². The summed E-state index contributed by atoms with van der Waals surface area (Å²) in [4.78, 5) is 26.5. The predicted molar refractivity (Wildman–Crippen MR) is 73.6 cm³/mol. The molecule has 5 nitrogen and oxygen atoms in total. The maximum absolute atomic E-state index is 12.0. The van der Waals surface area contributed by atoms with E-state index in [1.54, 1.807) is 11.8 Å². The molecule has 0 saturated heterocycles. The molecule has 2 N–H and O–H groups in total. The zero-order valence-electron chi connectivity index (χ0n) is 10.6. The van der Waals surface area contributed by atoms with Crippen molar-refractivity contribution in [3.05, 3.63) is 29.6 Å². The van der Waals surface area contributed by atoms with Crippen molar-refractivity contribution in [3.8, 4) is 0 Å². The molecule has 2 unspecified atom stereocenters. The lowest BCUT2D eigenvalue weighted by Crippen LogP contribution is -2.38. The average Bonchev–Trinajstić information content (AvgIpc) is 2.86. The number of pyridine rings is 1. The molecule has 0 radical (unpaired) electrons. The van der Waals surface area contributed by atoms with Crippen LogP contribution in [0.4, 0.5) is 0 Å². The fourth-order valence-electron chi connectivity index (χ4n) is 2.28. The Morgan fingerprint density at radius 3 is 2.79 bits per heavy atom. The Balaban J connectivity index is 2.01. The third kappa shape index (κ3) is 3.26. The van der Waals surface area contributed by atoms with Crippen LogP contribution in [-0.4, -0.2) is 39.5 Å². The van der Waals surface area contributed by atoms with Crippen molar-refractivity contribution in [1.82, 2.24) is 10.3 Å². The fourth-order valence-corrected chi connectivity index (χ4v) is 3.21. The van der Waals surface area contributed by atoms with Gasteiger partial charge in [0.2, 0.25) is 0 Å². The van der Waals surface area contributed by atoms with Crippen LogP contribution in [0.15, 0.2) is 18.3 Å². The molecule has 0 aromatic carbocycles. The molecule has 102 valence electrons. The normalized spacial score (nSPS) is 22.2. The number of hydrogen-bond acceptors (Lipinski definition) is 4. The molecular weight excluding hydrogens is 264 g/mol. The van der Waals surface area contributed by atoms with Crippen molar-refractivity contribution in [2.45, 2.75) is 30.6 Å². The Labute approximate surface area is 115 Å². The van der Waals surface area contributed by atoms with E-state index in [9.17, 15) is 9.59 Å². The smallest absolute Gasteiger partial charge is 0.354 e. The highest BCUT2D eigenvalue weighted by molar-refractivity contribution is 7.99. The van der Waals surface area contributed by atoms with E-state index in [-0.39, 0.29) is 17.6 Å². The summed E-state index contributed by atoms with van der Waals surface area (Å²) in [6.45, 7) is 0. The van der Waals surface area contributed by atoms with E-state index in [0.29, 0.717) is 10.8 Å². The van der Waals surface area contributed by atoms with E-state index in [0.717, 1.165) is 19.3 Å². The number of carboxylic acids is 1. The van der Waals surface area contributed by atoms with Gasteiger partial charge in [0.1, 0.15) is 5.69 Å². The number of aromatic carboxylic acids is 1. The predicted octanol–water partition coefficient (Wildman–Crippen LogP) is 1.79. The molecule has 1 amide bonds. The van der Waals surface area contributed by atoms with Gasteiger partial charge in [-0.1, -0.05) is 6.42 Å². The number of thioether (sulfide) groups is 1. The summed E-state index contributed by atoms with van der Waals surface area (Å²) in [5.41, 5.74) is 0.344. The van der Waals surface area contributed by atoms with Gasteiger partial charge in [0.25, 0.3) is 5.91 Å². The van der Waals surface area contributed by atoms with Crippen LogP contribution in [0.2, 0.25) is 0 Å². The lowest BCUT2D eigenvalue weighted by atomic mass is 10.2. The summed E-state index contributed by atoms with van der Waals surface area (Å²) in [5, 5.41) is 12.2. The first kappa shape index (κ1) is 13.9. The number of nitrogens with zero attached hydrogens (tertiary/aromatic N) is 1. The minimum absolute atomic E-state index is 0.0561. The molecule has 0 spiro atoms. The number of amides is 1. The van der Waals surface area contributed by atoms with E-state index < -0.39 is 5.97 Å². The molecule has 1 saturated carbocycles. The van der Waals surface area contributed by atoms with Crippen molar-refractivity contribution in [1.29, 1.82) is 0 Å². The Hall–Kier alpha value is -1.56. The Morgan fingerprint density at radius 2 is 2.21 bits per heavy atom. The maximum atomic E-state index is 12.0. The van der Waals surface area contributed by atoms with Gasteiger partial charge in [-0.3, -0.25) is 4.79 Å². The molecule has 0 bridgehead atoms. The van der Waals surface area contributed by atoms with Crippen LogP contribution in [0.1, 0.15) is 40.1 Å².